The zero-order chi connectivity index (χ0) is 33.3. The van der Waals surface area contributed by atoms with Crippen molar-refractivity contribution in [3.63, 3.8) is 0 Å². The van der Waals surface area contributed by atoms with E-state index in [2.05, 4.69) is 136 Å². The second kappa shape index (κ2) is 14.8. The number of benzene rings is 7. The molecule has 0 aliphatic rings. The van der Waals surface area contributed by atoms with Crippen LogP contribution in [0.5, 0.6) is 0 Å². The third-order valence-corrected chi connectivity index (χ3v) is 8.23. The molecule has 0 atom stereocenters. The van der Waals surface area contributed by atoms with Gasteiger partial charge in [0.2, 0.25) is 0 Å². The molecule has 0 saturated heterocycles. The number of nitrogens with zero attached hydrogens (tertiary/aromatic N) is 4. The van der Waals surface area contributed by atoms with Crippen molar-refractivity contribution in [3.05, 3.63) is 212 Å². The van der Waals surface area contributed by atoms with Gasteiger partial charge in [-0.05, 0) is 109 Å². The Hall–Kier alpha value is -6.72. The van der Waals surface area contributed by atoms with E-state index in [0.29, 0.717) is 5.82 Å². The van der Waals surface area contributed by atoms with Crippen LogP contribution in [0.1, 0.15) is 5.56 Å². The fourth-order valence-corrected chi connectivity index (χ4v) is 5.96. The van der Waals surface area contributed by atoms with E-state index in [9.17, 15) is 0 Å². The summed E-state index contributed by atoms with van der Waals surface area (Å²) in [4.78, 5) is 6.51. The van der Waals surface area contributed by atoms with Crippen LogP contribution in [-0.4, -0.2) is 0 Å². The molecule has 0 radical (unpaired) electrons. The SMILES string of the molecule is N=NC(=Cc1ccc(N(c2ccccc2)c2ccc(N(c3ccccc3)c3ccccc3)cc2)cc1)N(c1ccccc1)c1ccccc1. The van der Waals surface area contributed by atoms with Gasteiger partial charge in [-0.1, -0.05) is 103 Å². The summed E-state index contributed by atoms with van der Waals surface area (Å²) in [6.45, 7) is 0. The summed E-state index contributed by atoms with van der Waals surface area (Å²) in [7, 11) is 0. The van der Waals surface area contributed by atoms with Crippen LogP contribution in [0.3, 0.4) is 0 Å². The first-order chi connectivity index (χ1) is 24.3. The summed E-state index contributed by atoms with van der Waals surface area (Å²) in [6, 6.07) is 68.4. The molecule has 7 aromatic carbocycles. The Bertz CT molecular complexity index is 2020. The van der Waals surface area contributed by atoms with E-state index in [0.717, 1.165) is 51.1 Å². The molecule has 1 N–H and O–H groups in total. The van der Waals surface area contributed by atoms with Crippen molar-refractivity contribution in [1.82, 2.24) is 0 Å². The van der Waals surface area contributed by atoms with E-state index >= 15 is 0 Å². The molecular weight excluding hydrogens is 599 g/mol. The standard InChI is InChI=1S/C44H35N5/c45-46-44(49(39-22-12-4-13-23-39)40-24-14-5-15-25-40)34-35-26-28-41(29-27-35)48(38-20-10-3-11-21-38)43-32-30-42(31-33-43)47(36-16-6-1-7-17-36)37-18-8-2-9-19-37/h1-34,45H. The number of hydrogen-bond acceptors (Lipinski definition) is 5. The summed E-state index contributed by atoms with van der Waals surface area (Å²) < 4.78 is 0. The minimum Gasteiger partial charge on any atom is -0.311 e. The van der Waals surface area contributed by atoms with Crippen LogP contribution in [0.4, 0.5) is 45.5 Å². The zero-order valence-electron chi connectivity index (χ0n) is 26.9. The van der Waals surface area contributed by atoms with Crippen molar-refractivity contribution in [2.75, 3.05) is 14.7 Å². The third-order valence-electron chi connectivity index (χ3n) is 8.23. The molecule has 5 heteroatoms. The van der Waals surface area contributed by atoms with Crippen LogP contribution in [-0.2, 0) is 0 Å². The number of hydrogen-bond donors (Lipinski definition) is 1. The number of para-hydroxylation sites is 5. The van der Waals surface area contributed by atoms with Gasteiger partial charge in [-0.15, -0.1) is 5.11 Å². The molecule has 0 spiro atoms. The van der Waals surface area contributed by atoms with Gasteiger partial charge in [0.1, 0.15) is 0 Å². The van der Waals surface area contributed by atoms with Gasteiger partial charge in [-0.3, -0.25) is 4.90 Å². The molecule has 7 aromatic rings. The smallest absolute Gasteiger partial charge is 0.160 e. The average molecular weight is 634 g/mol. The lowest BCUT2D eigenvalue weighted by atomic mass is 10.1. The van der Waals surface area contributed by atoms with E-state index in [1.54, 1.807) is 0 Å². The molecule has 0 saturated carbocycles. The normalized spacial score (nSPS) is 11.1. The molecule has 0 aliphatic heterocycles. The summed E-state index contributed by atoms with van der Waals surface area (Å²) in [5.74, 6) is 0.516. The molecule has 0 aliphatic carbocycles. The van der Waals surface area contributed by atoms with E-state index in [1.807, 2.05) is 89.8 Å². The summed E-state index contributed by atoms with van der Waals surface area (Å²) in [5, 5.41) is 3.98. The van der Waals surface area contributed by atoms with Crippen LogP contribution < -0.4 is 14.7 Å². The molecule has 0 aromatic heterocycles. The highest BCUT2D eigenvalue weighted by molar-refractivity contribution is 5.81. The first-order valence-corrected chi connectivity index (χ1v) is 16.2. The van der Waals surface area contributed by atoms with Crippen molar-refractivity contribution in [1.29, 1.82) is 5.53 Å². The highest BCUT2D eigenvalue weighted by Crippen LogP contribution is 2.39. The second-order valence-electron chi connectivity index (χ2n) is 11.4. The van der Waals surface area contributed by atoms with Crippen molar-refractivity contribution in [2.45, 2.75) is 0 Å². The molecule has 49 heavy (non-hydrogen) atoms. The third kappa shape index (κ3) is 7.02. The van der Waals surface area contributed by atoms with Gasteiger partial charge in [-0.25, -0.2) is 5.53 Å². The summed E-state index contributed by atoms with van der Waals surface area (Å²) in [5.41, 5.74) is 17.3. The number of nitrogens with one attached hydrogen (secondary N) is 1. The van der Waals surface area contributed by atoms with E-state index in [-0.39, 0.29) is 0 Å². The fourth-order valence-electron chi connectivity index (χ4n) is 5.96. The Morgan fingerprint density at radius 1 is 0.347 bits per heavy atom. The first kappa shape index (κ1) is 30.9. The van der Waals surface area contributed by atoms with Gasteiger partial charge in [-0.2, -0.15) is 0 Å². The Morgan fingerprint density at radius 3 is 0.918 bits per heavy atom. The van der Waals surface area contributed by atoms with Gasteiger partial charge in [0.15, 0.2) is 5.82 Å². The molecule has 5 nitrogen and oxygen atoms in total. The van der Waals surface area contributed by atoms with E-state index < -0.39 is 0 Å². The lowest BCUT2D eigenvalue weighted by Crippen LogP contribution is -2.14. The zero-order valence-corrected chi connectivity index (χ0v) is 26.9. The molecule has 7 rings (SSSR count). The highest BCUT2D eigenvalue weighted by atomic mass is 15.3. The maximum atomic E-state index is 8.13. The Labute approximate surface area is 287 Å². The average Bonchev–Trinajstić information content (AvgIpc) is 3.18. The topological polar surface area (TPSA) is 45.9 Å². The fraction of sp³-hybridized carbons (Fsp3) is 0. The second-order valence-corrected chi connectivity index (χ2v) is 11.4. The predicted molar refractivity (Wildman–Crippen MR) is 204 cm³/mol. The van der Waals surface area contributed by atoms with Crippen molar-refractivity contribution in [3.8, 4) is 0 Å². The van der Waals surface area contributed by atoms with Crippen LogP contribution in [0.15, 0.2) is 211 Å². The lowest BCUT2D eigenvalue weighted by molar-refractivity contribution is 1.00. The van der Waals surface area contributed by atoms with E-state index in [1.165, 1.54) is 0 Å². The van der Waals surface area contributed by atoms with Crippen molar-refractivity contribution >= 4 is 51.6 Å². The molecule has 0 bridgehead atoms. The van der Waals surface area contributed by atoms with Crippen LogP contribution >= 0.6 is 0 Å². The number of anilines is 8. The van der Waals surface area contributed by atoms with Gasteiger partial charge in [0, 0.05) is 45.5 Å². The minimum atomic E-state index is 0.516. The van der Waals surface area contributed by atoms with Gasteiger partial charge in [0.05, 0.1) is 0 Å². The summed E-state index contributed by atoms with van der Waals surface area (Å²) >= 11 is 0. The van der Waals surface area contributed by atoms with Crippen LogP contribution in [0.25, 0.3) is 6.08 Å². The van der Waals surface area contributed by atoms with Gasteiger partial charge in [0.25, 0.3) is 0 Å². The predicted octanol–water partition coefficient (Wildman–Crippen LogP) is 12.8. The quantitative estimate of drug-likeness (QED) is 0.144. The largest absolute Gasteiger partial charge is 0.311 e. The maximum absolute atomic E-state index is 8.13. The maximum Gasteiger partial charge on any atom is 0.160 e. The van der Waals surface area contributed by atoms with Crippen molar-refractivity contribution < 1.29 is 0 Å². The van der Waals surface area contributed by atoms with Crippen LogP contribution in [0.2, 0.25) is 0 Å². The van der Waals surface area contributed by atoms with Gasteiger partial charge >= 0.3 is 0 Å². The minimum absolute atomic E-state index is 0.516. The molecule has 236 valence electrons. The Morgan fingerprint density at radius 2 is 0.612 bits per heavy atom. The van der Waals surface area contributed by atoms with Crippen LogP contribution in [0, 0.1) is 5.53 Å². The van der Waals surface area contributed by atoms with Gasteiger partial charge < -0.3 is 9.80 Å². The summed E-state index contributed by atoms with van der Waals surface area (Å²) in [6.07, 6.45) is 1.94. The monoisotopic (exact) mass is 633 g/mol. The first-order valence-electron chi connectivity index (χ1n) is 16.2. The van der Waals surface area contributed by atoms with Crippen molar-refractivity contribution in [2.24, 2.45) is 5.11 Å². The molecular formula is C44H35N5. The lowest BCUT2D eigenvalue weighted by Gasteiger charge is -2.28. The molecule has 0 unspecified atom stereocenters. The highest BCUT2D eigenvalue weighted by Gasteiger charge is 2.17. The number of rotatable bonds is 11. The molecule has 0 heterocycles. The van der Waals surface area contributed by atoms with E-state index in [4.69, 9.17) is 5.53 Å². The Balaban J connectivity index is 1.23. The Kier molecular flexibility index (Phi) is 9.33. The molecule has 0 amide bonds. The molecule has 0 fully saturated rings.